The van der Waals surface area contributed by atoms with Gasteiger partial charge in [-0.05, 0) is 62.1 Å². The molecule has 32 heavy (non-hydrogen) atoms. The van der Waals surface area contributed by atoms with Gasteiger partial charge in [0.2, 0.25) is 10.0 Å². The van der Waals surface area contributed by atoms with E-state index in [4.69, 9.17) is 16.1 Å². The van der Waals surface area contributed by atoms with Crippen molar-refractivity contribution in [3.63, 3.8) is 0 Å². The number of anilines is 1. The maximum atomic E-state index is 13.0. The lowest BCUT2D eigenvalue weighted by atomic mass is 9.84. The lowest BCUT2D eigenvalue weighted by molar-refractivity contribution is 0.351. The summed E-state index contributed by atoms with van der Waals surface area (Å²) >= 11 is 7.73. The number of rotatable bonds is 6. The summed E-state index contributed by atoms with van der Waals surface area (Å²) in [7, 11) is -3.53. The van der Waals surface area contributed by atoms with E-state index in [0.717, 1.165) is 10.5 Å². The van der Waals surface area contributed by atoms with E-state index < -0.39 is 15.4 Å². The van der Waals surface area contributed by atoms with Crippen molar-refractivity contribution in [2.24, 2.45) is 0 Å². The zero-order valence-corrected chi connectivity index (χ0v) is 20.5. The van der Waals surface area contributed by atoms with E-state index in [9.17, 15) is 8.42 Å². The van der Waals surface area contributed by atoms with Gasteiger partial charge in [-0.25, -0.2) is 8.42 Å². The molecule has 2 heterocycles. The number of nitrogens with zero attached hydrogens (tertiary/aromatic N) is 4. The van der Waals surface area contributed by atoms with Gasteiger partial charge >= 0.3 is 6.01 Å². The van der Waals surface area contributed by atoms with Crippen LogP contribution < -0.4 is 4.90 Å². The van der Waals surface area contributed by atoms with Gasteiger partial charge in [0.15, 0.2) is 5.82 Å². The van der Waals surface area contributed by atoms with E-state index in [0.29, 0.717) is 47.9 Å². The van der Waals surface area contributed by atoms with E-state index in [2.05, 4.69) is 10.1 Å². The Balaban J connectivity index is 1.45. The van der Waals surface area contributed by atoms with E-state index in [-0.39, 0.29) is 0 Å². The first-order chi connectivity index (χ1) is 15.2. The van der Waals surface area contributed by atoms with Crippen molar-refractivity contribution >= 4 is 39.4 Å². The third kappa shape index (κ3) is 4.52. The van der Waals surface area contributed by atoms with Crippen LogP contribution in [0.1, 0.15) is 25.2 Å². The minimum Gasteiger partial charge on any atom is -0.322 e. The second kappa shape index (κ2) is 9.05. The Bertz CT molecular complexity index is 1190. The van der Waals surface area contributed by atoms with E-state index in [1.807, 2.05) is 61.4 Å². The second-order valence-electron chi connectivity index (χ2n) is 8.10. The van der Waals surface area contributed by atoms with Gasteiger partial charge in [-0.15, -0.1) is 11.8 Å². The van der Waals surface area contributed by atoms with Crippen LogP contribution >= 0.6 is 23.4 Å². The maximum Gasteiger partial charge on any atom is 0.324 e. The van der Waals surface area contributed by atoms with Crippen molar-refractivity contribution < 1.29 is 12.9 Å². The van der Waals surface area contributed by atoms with Crippen molar-refractivity contribution in [3.8, 4) is 0 Å². The molecule has 1 aliphatic heterocycles. The Hall–Kier alpha value is -2.07. The first-order valence-electron chi connectivity index (χ1n) is 10.2. The van der Waals surface area contributed by atoms with Crippen LogP contribution in [0.2, 0.25) is 5.02 Å². The first-order valence-corrected chi connectivity index (χ1v) is 13.3. The molecule has 0 aliphatic carbocycles. The molecule has 0 bridgehead atoms. The fraction of sp³-hybridized carbons (Fsp3) is 0.364. The highest BCUT2D eigenvalue weighted by Gasteiger charge is 2.33. The van der Waals surface area contributed by atoms with E-state index in [1.165, 1.54) is 4.31 Å². The maximum absolute atomic E-state index is 13.0. The summed E-state index contributed by atoms with van der Waals surface area (Å²) in [6, 6.07) is 15.0. The van der Waals surface area contributed by atoms with Gasteiger partial charge < -0.3 is 9.42 Å². The van der Waals surface area contributed by atoms with Gasteiger partial charge in [-0.3, -0.25) is 0 Å². The van der Waals surface area contributed by atoms with E-state index in [1.54, 1.807) is 23.9 Å². The van der Waals surface area contributed by atoms with Gasteiger partial charge in [0.1, 0.15) is 0 Å². The Labute approximate surface area is 197 Å². The van der Waals surface area contributed by atoms with Crippen LogP contribution in [0, 0.1) is 0 Å². The average Bonchev–Trinajstić information content (AvgIpc) is 3.30. The quantitative estimate of drug-likeness (QED) is 0.475. The minimum atomic E-state index is -3.53. The monoisotopic (exact) mass is 492 g/mol. The Morgan fingerprint density at radius 3 is 2.38 bits per heavy atom. The van der Waals surface area contributed by atoms with Crippen LogP contribution in [-0.2, 0) is 15.4 Å². The summed E-state index contributed by atoms with van der Waals surface area (Å²) < 4.78 is 33.0. The molecule has 0 unspecified atom stereocenters. The Kier molecular flexibility index (Phi) is 6.53. The Morgan fingerprint density at radius 1 is 1.06 bits per heavy atom. The fourth-order valence-corrected chi connectivity index (χ4v) is 5.64. The molecular weight excluding hydrogens is 468 g/mol. The minimum absolute atomic E-state index is 0.312. The summed E-state index contributed by atoms with van der Waals surface area (Å²) in [5.41, 5.74) is 0.501. The van der Waals surface area contributed by atoms with Crippen LogP contribution in [0.5, 0.6) is 0 Å². The lowest BCUT2D eigenvalue weighted by Gasteiger charge is -2.32. The average molecular weight is 493 g/mol. The Morgan fingerprint density at radius 2 is 1.75 bits per heavy atom. The molecule has 0 N–H and O–H groups in total. The largest absolute Gasteiger partial charge is 0.324 e. The van der Waals surface area contributed by atoms with Crippen LogP contribution in [0.3, 0.4) is 0 Å². The summed E-state index contributed by atoms with van der Waals surface area (Å²) in [6.45, 7) is 5.67. The van der Waals surface area contributed by atoms with Crippen molar-refractivity contribution in [2.75, 3.05) is 37.3 Å². The van der Waals surface area contributed by atoms with Gasteiger partial charge in [0.05, 0.1) is 10.3 Å². The van der Waals surface area contributed by atoms with Crippen molar-refractivity contribution in [1.29, 1.82) is 0 Å². The molecule has 1 aromatic heterocycles. The lowest BCUT2D eigenvalue weighted by Crippen LogP contribution is -2.48. The SMILES string of the molecule is CSc1ccc(S(=O)(=O)N2CCN(c3nc(C(C)(C)c4cccc(Cl)c4)no3)CC2)cc1. The number of thioether (sulfide) groups is 1. The molecule has 0 spiro atoms. The molecule has 1 aliphatic rings. The number of halogens is 1. The van der Waals surface area contributed by atoms with Gasteiger partial charge in [0, 0.05) is 36.1 Å². The number of hydrogen-bond acceptors (Lipinski definition) is 7. The molecular formula is C22H25ClN4O3S2. The highest BCUT2D eigenvalue weighted by molar-refractivity contribution is 7.98. The van der Waals surface area contributed by atoms with Crippen molar-refractivity contribution in [1.82, 2.24) is 14.4 Å². The molecule has 7 nitrogen and oxygen atoms in total. The van der Waals surface area contributed by atoms with Crippen LogP contribution in [0.15, 0.2) is 62.8 Å². The molecule has 10 heteroatoms. The number of hydrogen-bond donors (Lipinski definition) is 0. The summed E-state index contributed by atoms with van der Waals surface area (Å²) in [6.07, 6.45) is 1.96. The molecule has 1 saturated heterocycles. The normalized spacial score (nSPS) is 15.8. The molecule has 170 valence electrons. The van der Waals surface area contributed by atoms with Gasteiger partial charge in [0.25, 0.3) is 0 Å². The highest BCUT2D eigenvalue weighted by atomic mass is 35.5. The second-order valence-corrected chi connectivity index (χ2v) is 11.4. The number of piperazine rings is 1. The molecule has 1 fully saturated rings. The zero-order valence-electron chi connectivity index (χ0n) is 18.2. The smallest absolute Gasteiger partial charge is 0.322 e. The fourth-order valence-electron chi connectivity index (χ4n) is 3.62. The first kappa shape index (κ1) is 23.1. The standard InChI is InChI=1S/C22H25ClN4O3S2/c1-22(2,16-5-4-6-17(23)15-16)20-24-21(30-25-20)26-11-13-27(14-12-26)32(28,29)19-9-7-18(31-3)8-10-19/h4-10,15H,11-14H2,1-3H3. The molecule has 3 aromatic rings. The van der Waals surface area contributed by atoms with Gasteiger partial charge in [-0.2, -0.15) is 9.29 Å². The third-order valence-electron chi connectivity index (χ3n) is 5.73. The van der Waals surface area contributed by atoms with Crippen LogP contribution in [-0.4, -0.2) is 55.3 Å². The summed E-state index contributed by atoms with van der Waals surface area (Å²) in [4.78, 5) is 7.88. The molecule has 0 radical (unpaired) electrons. The van der Waals surface area contributed by atoms with E-state index >= 15 is 0 Å². The number of aromatic nitrogens is 2. The predicted octanol–water partition coefficient (Wildman–Crippen LogP) is 4.28. The topological polar surface area (TPSA) is 79.5 Å². The number of sulfonamides is 1. The summed E-state index contributed by atoms with van der Waals surface area (Å²) in [5, 5.41) is 4.85. The number of benzene rings is 2. The van der Waals surface area contributed by atoms with Gasteiger partial charge in [-0.1, -0.05) is 28.9 Å². The predicted molar refractivity (Wildman–Crippen MR) is 127 cm³/mol. The third-order valence-corrected chi connectivity index (χ3v) is 8.62. The molecule has 2 aromatic carbocycles. The molecule has 4 rings (SSSR count). The highest BCUT2D eigenvalue weighted by Crippen LogP contribution is 2.32. The van der Waals surface area contributed by atoms with Crippen molar-refractivity contribution in [3.05, 3.63) is 64.9 Å². The molecule has 0 atom stereocenters. The van der Waals surface area contributed by atoms with Crippen molar-refractivity contribution in [2.45, 2.75) is 29.1 Å². The zero-order chi connectivity index (χ0) is 22.9. The van der Waals surface area contributed by atoms with Crippen LogP contribution in [0.25, 0.3) is 0 Å². The molecule has 0 amide bonds. The van der Waals surface area contributed by atoms with Crippen LogP contribution in [0.4, 0.5) is 6.01 Å². The molecule has 0 saturated carbocycles. The summed E-state index contributed by atoms with van der Waals surface area (Å²) in [5.74, 6) is 0.554.